The number of anilines is 1. The second-order valence-electron chi connectivity index (χ2n) is 4.01. The summed E-state index contributed by atoms with van der Waals surface area (Å²) in [6.45, 7) is 0. The highest BCUT2D eigenvalue weighted by Crippen LogP contribution is 2.31. The number of halogens is 2. The average Bonchev–Trinajstić information content (AvgIpc) is 2.74. The highest BCUT2D eigenvalue weighted by atomic mass is 19.1. The van der Waals surface area contributed by atoms with E-state index < -0.39 is 11.6 Å². The third-order valence-corrected chi connectivity index (χ3v) is 2.75. The molecule has 0 saturated carbocycles. The Kier molecular flexibility index (Phi) is 2.30. The van der Waals surface area contributed by atoms with Gasteiger partial charge in [0.05, 0.1) is 5.56 Å². The number of para-hydroxylation sites is 1. The molecule has 0 atom stereocenters. The van der Waals surface area contributed by atoms with E-state index in [0.717, 1.165) is 0 Å². The van der Waals surface area contributed by atoms with Gasteiger partial charge in [-0.2, -0.15) is 0 Å². The van der Waals surface area contributed by atoms with Crippen LogP contribution in [0, 0.1) is 11.6 Å². The standard InChI is InChI=1S/C14H9F2NO/c15-11-3-1-2-8-6-13(18-14(8)11)10-5-4-9(17)7-12(10)16/h1-7H,17H2. The minimum atomic E-state index is -0.491. The van der Waals surface area contributed by atoms with Crippen LogP contribution < -0.4 is 5.73 Å². The Bertz CT molecular complexity index is 734. The third-order valence-electron chi connectivity index (χ3n) is 2.75. The van der Waals surface area contributed by atoms with Crippen molar-refractivity contribution in [2.45, 2.75) is 0 Å². The summed E-state index contributed by atoms with van der Waals surface area (Å²) in [7, 11) is 0. The Morgan fingerprint density at radius 1 is 0.944 bits per heavy atom. The zero-order valence-corrected chi connectivity index (χ0v) is 9.28. The summed E-state index contributed by atoms with van der Waals surface area (Å²) in [5, 5.41) is 0.598. The highest BCUT2D eigenvalue weighted by molar-refractivity contribution is 5.83. The summed E-state index contributed by atoms with van der Waals surface area (Å²) in [5.74, 6) is -0.670. The monoisotopic (exact) mass is 245 g/mol. The van der Waals surface area contributed by atoms with E-state index in [-0.39, 0.29) is 16.9 Å². The Labute approximate surface area is 102 Å². The first-order valence-corrected chi connectivity index (χ1v) is 5.38. The summed E-state index contributed by atoms with van der Waals surface area (Å²) in [5.41, 5.74) is 6.20. The van der Waals surface area contributed by atoms with Crippen LogP contribution in [0.5, 0.6) is 0 Å². The fraction of sp³-hybridized carbons (Fsp3) is 0. The molecule has 1 heterocycles. The lowest BCUT2D eigenvalue weighted by Crippen LogP contribution is -1.88. The zero-order chi connectivity index (χ0) is 12.7. The molecule has 0 radical (unpaired) electrons. The van der Waals surface area contributed by atoms with Crippen LogP contribution in [-0.2, 0) is 0 Å². The lowest BCUT2D eigenvalue weighted by atomic mass is 10.1. The van der Waals surface area contributed by atoms with Crippen molar-refractivity contribution in [3.8, 4) is 11.3 Å². The number of fused-ring (bicyclic) bond motifs is 1. The Hall–Kier alpha value is -2.36. The van der Waals surface area contributed by atoms with E-state index in [1.54, 1.807) is 24.3 Å². The van der Waals surface area contributed by atoms with Crippen molar-refractivity contribution in [2.75, 3.05) is 5.73 Å². The van der Waals surface area contributed by atoms with Gasteiger partial charge in [0.1, 0.15) is 11.6 Å². The normalized spacial score (nSPS) is 11.0. The van der Waals surface area contributed by atoms with Crippen LogP contribution in [0.4, 0.5) is 14.5 Å². The molecule has 2 aromatic carbocycles. The number of benzene rings is 2. The van der Waals surface area contributed by atoms with E-state index in [0.29, 0.717) is 11.1 Å². The van der Waals surface area contributed by atoms with Crippen LogP contribution in [0.2, 0.25) is 0 Å². The molecule has 3 rings (SSSR count). The maximum Gasteiger partial charge on any atom is 0.170 e. The molecule has 3 aromatic rings. The molecule has 0 spiro atoms. The number of rotatable bonds is 1. The predicted octanol–water partition coefficient (Wildman–Crippen LogP) is 3.96. The molecule has 0 aliphatic heterocycles. The van der Waals surface area contributed by atoms with Gasteiger partial charge in [0.2, 0.25) is 0 Å². The third kappa shape index (κ3) is 1.62. The smallest absolute Gasteiger partial charge is 0.170 e. The van der Waals surface area contributed by atoms with Crippen LogP contribution >= 0.6 is 0 Å². The molecule has 0 bridgehead atoms. The number of hydrogen-bond acceptors (Lipinski definition) is 2. The fourth-order valence-corrected chi connectivity index (χ4v) is 1.89. The van der Waals surface area contributed by atoms with E-state index in [1.165, 1.54) is 18.2 Å². The maximum atomic E-state index is 13.7. The first kappa shape index (κ1) is 10.8. The first-order valence-electron chi connectivity index (χ1n) is 5.38. The van der Waals surface area contributed by atoms with Gasteiger partial charge in [0, 0.05) is 11.1 Å². The molecule has 0 amide bonds. The van der Waals surface area contributed by atoms with Gasteiger partial charge < -0.3 is 10.2 Å². The van der Waals surface area contributed by atoms with Crippen LogP contribution in [0.15, 0.2) is 46.9 Å². The molecule has 0 unspecified atom stereocenters. The summed E-state index contributed by atoms with van der Waals surface area (Å²) in [4.78, 5) is 0. The van der Waals surface area contributed by atoms with Gasteiger partial charge >= 0.3 is 0 Å². The number of nitrogen functional groups attached to an aromatic ring is 1. The lowest BCUT2D eigenvalue weighted by molar-refractivity contribution is 0.562. The lowest BCUT2D eigenvalue weighted by Gasteiger charge is -2.00. The Morgan fingerprint density at radius 2 is 1.78 bits per heavy atom. The van der Waals surface area contributed by atoms with Crippen molar-refractivity contribution < 1.29 is 13.2 Å². The summed E-state index contributed by atoms with van der Waals surface area (Å²) < 4.78 is 32.6. The zero-order valence-electron chi connectivity index (χ0n) is 9.28. The van der Waals surface area contributed by atoms with Gasteiger partial charge in [-0.1, -0.05) is 12.1 Å². The van der Waals surface area contributed by atoms with E-state index in [9.17, 15) is 8.78 Å². The van der Waals surface area contributed by atoms with Crippen LogP contribution in [0.1, 0.15) is 0 Å². The predicted molar refractivity (Wildman–Crippen MR) is 66.0 cm³/mol. The molecule has 4 heteroatoms. The van der Waals surface area contributed by atoms with Crippen LogP contribution in [0.25, 0.3) is 22.3 Å². The van der Waals surface area contributed by atoms with Gasteiger partial charge in [0.15, 0.2) is 11.4 Å². The highest BCUT2D eigenvalue weighted by Gasteiger charge is 2.12. The number of nitrogens with two attached hydrogens (primary N) is 1. The molecule has 0 fully saturated rings. The Balaban J connectivity index is 2.23. The van der Waals surface area contributed by atoms with Gasteiger partial charge in [-0.15, -0.1) is 0 Å². The van der Waals surface area contributed by atoms with Crippen molar-refractivity contribution in [3.05, 3.63) is 54.1 Å². The minimum Gasteiger partial charge on any atom is -0.453 e. The molecule has 0 saturated heterocycles. The molecule has 1 aromatic heterocycles. The van der Waals surface area contributed by atoms with Gasteiger partial charge in [0.25, 0.3) is 0 Å². The van der Waals surface area contributed by atoms with E-state index in [1.807, 2.05) is 0 Å². The quantitative estimate of drug-likeness (QED) is 0.659. The second kappa shape index (κ2) is 3.84. The molecular formula is C14H9F2NO. The van der Waals surface area contributed by atoms with E-state index >= 15 is 0 Å². The Morgan fingerprint density at radius 3 is 2.50 bits per heavy atom. The number of hydrogen-bond donors (Lipinski definition) is 1. The summed E-state index contributed by atoms with van der Waals surface area (Å²) in [6.07, 6.45) is 0. The van der Waals surface area contributed by atoms with Crippen molar-refractivity contribution in [3.63, 3.8) is 0 Å². The largest absolute Gasteiger partial charge is 0.453 e. The fourth-order valence-electron chi connectivity index (χ4n) is 1.89. The molecule has 18 heavy (non-hydrogen) atoms. The minimum absolute atomic E-state index is 0.128. The van der Waals surface area contributed by atoms with E-state index in [4.69, 9.17) is 10.2 Å². The van der Waals surface area contributed by atoms with Gasteiger partial charge in [-0.25, -0.2) is 8.78 Å². The van der Waals surface area contributed by atoms with Crippen LogP contribution in [0.3, 0.4) is 0 Å². The van der Waals surface area contributed by atoms with Gasteiger partial charge in [-0.3, -0.25) is 0 Å². The molecular weight excluding hydrogens is 236 g/mol. The molecule has 2 N–H and O–H groups in total. The molecule has 90 valence electrons. The topological polar surface area (TPSA) is 39.2 Å². The first-order chi connectivity index (χ1) is 8.65. The van der Waals surface area contributed by atoms with Crippen molar-refractivity contribution in [2.24, 2.45) is 0 Å². The van der Waals surface area contributed by atoms with Crippen molar-refractivity contribution in [1.82, 2.24) is 0 Å². The van der Waals surface area contributed by atoms with Crippen molar-refractivity contribution in [1.29, 1.82) is 0 Å². The average molecular weight is 245 g/mol. The van der Waals surface area contributed by atoms with Crippen LogP contribution in [-0.4, -0.2) is 0 Å². The summed E-state index contributed by atoms with van der Waals surface area (Å²) >= 11 is 0. The molecule has 0 aliphatic rings. The second-order valence-corrected chi connectivity index (χ2v) is 4.01. The summed E-state index contributed by atoms with van der Waals surface area (Å²) in [6, 6.07) is 10.5. The number of furan rings is 1. The maximum absolute atomic E-state index is 13.7. The van der Waals surface area contributed by atoms with Crippen molar-refractivity contribution >= 4 is 16.7 Å². The molecule has 2 nitrogen and oxygen atoms in total. The van der Waals surface area contributed by atoms with Gasteiger partial charge in [-0.05, 0) is 30.3 Å². The molecule has 0 aliphatic carbocycles. The SMILES string of the molecule is Nc1ccc(-c2cc3cccc(F)c3o2)c(F)c1. The van der Waals surface area contributed by atoms with E-state index in [2.05, 4.69) is 0 Å².